The maximum Gasteiger partial charge on any atom is 0.243 e. The molecule has 0 saturated heterocycles. The standard InChI is InChI=1S/C19H26N2O2S/c1-5-23-16-10-19(20,18(16,2)3)17(22)21(4)11-13-12-24-15-9-7-6-8-14(13)15/h6-9,12,16H,5,10-11,20H2,1-4H3. The second-order valence-electron chi connectivity index (χ2n) is 7.26. The average molecular weight is 346 g/mol. The SMILES string of the molecule is CCOC1CC(N)(C(=O)N(C)Cc2csc3ccccc23)C1(C)C. The number of ether oxygens (including phenoxy) is 1. The van der Waals surface area contributed by atoms with Crippen LogP contribution in [0.25, 0.3) is 10.1 Å². The zero-order valence-electron chi connectivity index (χ0n) is 14.8. The highest BCUT2D eigenvalue weighted by Gasteiger charge is 2.63. The molecule has 1 heterocycles. The highest BCUT2D eigenvalue weighted by Crippen LogP contribution is 2.50. The molecule has 2 unspecified atom stereocenters. The van der Waals surface area contributed by atoms with Crippen molar-refractivity contribution in [2.45, 2.75) is 45.4 Å². The summed E-state index contributed by atoms with van der Waals surface area (Å²) in [7, 11) is 1.84. The molecular formula is C19H26N2O2S. The summed E-state index contributed by atoms with van der Waals surface area (Å²) in [5, 5.41) is 3.35. The molecule has 1 amide bonds. The van der Waals surface area contributed by atoms with E-state index in [2.05, 4.69) is 17.5 Å². The highest BCUT2D eigenvalue weighted by molar-refractivity contribution is 7.17. The van der Waals surface area contributed by atoms with E-state index in [0.29, 0.717) is 19.6 Å². The van der Waals surface area contributed by atoms with Crippen LogP contribution in [0.5, 0.6) is 0 Å². The van der Waals surface area contributed by atoms with Crippen molar-refractivity contribution in [2.24, 2.45) is 11.1 Å². The predicted molar refractivity (Wildman–Crippen MR) is 99.0 cm³/mol. The van der Waals surface area contributed by atoms with Gasteiger partial charge >= 0.3 is 0 Å². The predicted octanol–water partition coefficient (Wildman–Crippen LogP) is 3.39. The van der Waals surface area contributed by atoms with Crippen molar-refractivity contribution in [3.05, 3.63) is 35.2 Å². The molecule has 5 heteroatoms. The van der Waals surface area contributed by atoms with Crippen LogP contribution in [-0.4, -0.2) is 36.1 Å². The molecule has 2 aromatic rings. The third-order valence-electron chi connectivity index (χ3n) is 5.53. The quantitative estimate of drug-likeness (QED) is 0.903. The number of hydrogen-bond donors (Lipinski definition) is 1. The molecule has 2 atom stereocenters. The lowest BCUT2D eigenvalue weighted by Crippen LogP contribution is -2.75. The maximum absolute atomic E-state index is 13.0. The molecule has 24 heavy (non-hydrogen) atoms. The summed E-state index contributed by atoms with van der Waals surface area (Å²) < 4.78 is 6.98. The van der Waals surface area contributed by atoms with Crippen LogP contribution in [0.2, 0.25) is 0 Å². The number of likely N-dealkylation sites (N-methyl/N-ethyl adjacent to an activating group) is 1. The summed E-state index contributed by atoms with van der Waals surface area (Å²) in [4.78, 5) is 14.8. The van der Waals surface area contributed by atoms with Gasteiger partial charge in [-0.05, 0) is 29.3 Å². The van der Waals surface area contributed by atoms with Crippen molar-refractivity contribution in [1.82, 2.24) is 4.90 Å². The van der Waals surface area contributed by atoms with Gasteiger partial charge in [0.15, 0.2) is 0 Å². The molecule has 4 nitrogen and oxygen atoms in total. The Morgan fingerprint density at radius 3 is 2.79 bits per heavy atom. The van der Waals surface area contributed by atoms with Crippen LogP contribution in [0.4, 0.5) is 0 Å². The second kappa shape index (κ2) is 6.14. The first kappa shape index (κ1) is 17.4. The van der Waals surface area contributed by atoms with Gasteiger partial charge in [-0.3, -0.25) is 4.79 Å². The Hall–Kier alpha value is -1.43. The van der Waals surface area contributed by atoms with E-state index in [1.807, 2.05) is 40.0 Å². The smallest absolute Gasteiger partial charge is 0.243 e. The number of hydrogen-bond acceptors (Lipinski definition) is 4. The minimum absolute atomic E-state index is 0.00117. The molecule has 1 aromatic carbocycles. The summed E-state index contributed by atoms with van der Waals surface area (Å²) in [6.07, 6.45) is 0.633. The van der Waals surface area contributed by atoms with E-state index in [1.165, 1.54) is 15.6 Å². The topological polar surface area (TPSA) is 55.6 Å². The van der Waals surface area contributed by atoms with Crippen LogP contribution in [0.1, 0.15) is 32.8 Å². The number of amides is 1. The van der Waals surface area contributed by atoms with E-state index in [4.69, 9.17) is 10.5 Å². The number of nitrogens with zero attached hydrogens (tertiary/aromatic N) is 1. The molecule has 0 aliphatic heterocycles. The highest BCUT2D eigenvalue weighted by atomic mass is 32.1. The van der Waals surface area contributed by atoms with Crippen LogP contribution in [0, 0.1) is 5.41 Å². The lowest BCUT2D eigenvalue weighted by molar-refractivity contribution is -0.178. The molecule has 1 aliphatic rings. The largest absolute Gasteiger partial charge is 0.378 e. The van der Waals surface area contributed by atoms with Gasteiger partial charge in [-0.1, -0.05) is 32.0 Å². The Labute approximate surface area is 147 Å². The van der Waals surface area contributed by atoms with E-state index in [9.17, 15) is 4.79 Å². The fraction of sp³-hybridized carbons (Fsp3) is 0.526. The monoisotopic (exact) mass is 346 g/mol. The van der Waals surface area contributed by atoms with Crippen molar-refractivity contribution in [3.63, 3.8) is 0 Å². The van der Waals surface area contributed by atoms with Crippen LogP contribution in [-0.2, 0) is 16.1 Å². The first-order valence-electron chi connectivity index (χ1n) is 8.42. The number of rotatable bonds is 5. The summed E-state index contributed by atoms with van der Waals surface area (Å²) in [5.41, 5.74) is 6.48. The summed E-state index contributed by atoms with van der Waals surface area (Å²) in [6.45, 7) is 7.26. The van der Waals surface area contributed by atoms with Gasteiger partial charge in [-0.2, -0.15) is 0 Å². The lowest BCUT2D eigenvalue weighted by Gasteiger charge is -2.58. The van der Waals surface area contributed by atoms with Crippen LogP contribution in [0.15, 0.2) is 29.6 Å². The number of carbonyl (C=O) groups is 1. The number of fused-ring (bicyclic) bond motifs is 1. The first-order valence-corrected chi connectivity index (χ1v) is 9.30. The molecule has 1 fully saturated rings. The van der Waals surface area contributed by atoms with Gasteiger partial charge in [-0.25, -0.2) is 0 Å². The van der Waals surface area contributed by atoms with E-state index < -0.39 is 5.54 Å². The van der Waals surface area contributed by atoms with Gasteiger partial charge in [0.25, 0.3) is 0 Å². The maximum atomic E-state index is 13.0. The second-order valence-corrected chi connectivity index (χ2v) is 8.17. The van der Waals surface area contributed by atoms with Crippen molar-refractivity contribution in [3.8, 4) is 0 Å². The fourth-order valence-corrected chi connectivity index (χ4v) is 4.58. The lowest BCUT2D eigenvalue weighted by atomic mass is 9.54. The van der Waals surface area contributed by atoms with Crippen molar-refractivity contribution >= 4 is 27.3 Å². The molecular weight excluding hydrogens is 320 g/mol. The summed E-state index contributed by atoms with van der Waals surface area (Å²) in [6, 6.07) is 8.29. The Bertz CT molecular complexity index is 755. The number of nitrogens with two attached hydrogens (primary N) is 1. The van der Waals surface area contributed by atoms with Crippen LogP contribution < -0.4 is 5.73 Å². The molecule has 1 aliphatic carbocycles. The van der Waals surface area contributed by atoms with E-state index >= 15 is 0 Å². The van der Waals surface area contributed by atoms with Gasteiger partial charge in [0.2, 0.25) is 5.91 Å². The van der Waals surface area contributed by atoms with Crippen LogP contribution in [0.3, 0.4) is 0 Å². The minimum Gasteiger partial charge on any atom is -0.378 e. The molecule has 3 rings (SSSR count). The number of thiophene rings is 1. The van der Waals surface area contributed by atoms with Crippen LogP contribution >= 0.6 is 11.3 Å². The number of carbonyl (C=O) groups excluding carboxylic acids is 1. The van der Waals surface area contributed by atoms with Gasteiger partial charge in [-0.15, -0.1) is 11.3 Å². The Morgan fingerprint density at radius 2 is 2.12 bits per heavy atom. The van der Waals surface area contributed by atoms with Gasteiger partial charge in [0.05, 0.1) is 6.10 Å². The Morgan fingerprint density at radius 1 is 1.42 bits per heavy atom. The minimum atomic E-state index is -0.854. The molecule has 2 N–H and O–H groups in total. The number of benzene rings is 1. The van der Waals surface area contributed by atoms with E-state index in [0.717, 1.165) is 0 Å². The van der Waals surface area contributed by atoms with Gasteiger partial charge < -0.3 is 15.4 Å². The van der Waals surface area contributed by atoms with Crippen molar-refractivity contribution in [1.29, 1.82) is 0 Å². The molecule has 0 spiro atoms. The third-order valence-corrected chi connectivity index (χ3v) is 6.54. The molecule has 0 radical (unpaired) electrons. The Kier molecular flexibility index (Phi) is 4.45. The summed E-state index contributed by atoms with van der Waals surface area (Å²) in [5.74, 6) is -0.00117. The van der Waals surface area contributed by atoms with Crippen molar-refractivity contribution in [2.75, 3.05) is 13.7 Å². The molecule has 1 saturated carbocycles. The van der Waals surface area contributed by atoms with Gasteiger partial charge in [0.1, 0.15) is 5.54 Å². The molecule has 1 aromatic heterocycles. The fourth-order valence-electron chi connectivity index (χ4n) is 3.62. The Balaban J connectivity index is 1.76. The van der Waals surface area contributed by atoms with E-state index in [-0.39, 0.29) is 17.4 Å². The normalized spacial score (nSPS) is 25.5. The first-order chi connectivity index (χ1) is 11.3. The zero-order valence-corrected chi connectivity index (χ0v) is 15.7. The third kappa shape index (κ3) is 2.55. The van der Waals surface area contributed by atoms with E-state index in [1.54, 1.807) is 16.2 Å². The molecule has 0 bridgehead atoms. The van der Waals surface area contributed by atoms with Crippen molar-refractivity contribution < 1.29 is 9.53 Å². The molecule has 130 valence electrons. The van der Waals surface area contributed by atoms with Gasteiger partial charge in [0, 0.05) is 36.7 Å². The average Bonchev–Trinajstić information content (AvgIpc) is 2.97. The zero-order chi connectivity index (χ0) is 17.5. The summed E-state index contributed by atoms with van der Waals surface area (Å²) >= 11 is 1.71.